The van der Waals surface area contributed by atoms with E-state index in [1.54, 1.807) is 30.3 Å². The van der Waals surface area contributed by atoms with Crippen molar-refractivity contribution in [2.45, 2.75) is 64.4 Å². The number of rotatable bonds is 13. The summed E-state index contributed by atoms with van der Waals surface area (Å²) in [4.78, 5) is 0. The normalized spacial score (nSPS) is 14.3. The maximum Gasteiger partial charge on any atom is 0.150 e. The van der Waals surface area contributed by atoms with Crippen LogP contribution in [-0.2, 0) is 0 Å². The zero-order valence-electron chi connectivity index (χ0n) is 23.4. The van der Waals surface area contributed by atoms with E-state index in [2.05, 4.69) is 17.2 Å². The SMILES string of the molecule is CC1=C(c2cccc(O)c2)C(c2ccc(C#CCNCCCCCCCCCCF)cc2)Oc2ccc(O)cc21. The van der Waals surface area contributed by atoms with Crippen molar-refractivity contribution in [2.24, 2.45) is 0 Å². The van der Waals surface area contributed by atoms with Crippen molar-refractivity contribution >= 4 is 11.1 Å². The van der Waals surface area contributed by atoms with Gasteiger partial charge in [-0.1, -0.05) is 74.6 Å². The summed E-state index contributed by atoms with van der Waals surface area (Å²) in [5.41, 5.74) is 5.60. The molecule has 0 radical (unpaired) electrons. The molecule has 1 atom stereocenters. The Morgan fingerprint density at radius 1 is 0.825 bits per heavy atom. The number of hydrogen-bond acceptors (Lipinski definition) is 4. The summed E-state index contributed by atoms with van der Waals surface area (Å²) in [6.07, 6.45) is 8.60. The fourth-order valence-corrected chi connectivity index (χ4v) is 5.16. The highest BCUT2D eigenvalue weighted by Crippen LogP contribution is 2.47. The zero-order chi connectivity index (χ0) is 28.2. The van der Waals surface area contributed by atoms with Crippen LogP contribution in [0.4, 0.5) is 4.39 Å². The molecule has 1 aliphatic rings. The molecule has 3 aromatic rings. The molecule has 0 fully saturated rings. The molecule has 1 heterocycles. The van der Waals surface area contributed by atoms with E-state index in [0.29, 0.717) is 18.7 Å². The summed E-state index contributed by atoms with van der Waals surface area (Å²) in [6, 6.07) is 20.4. The average molecular weight is 542 g/mol. The van der Waals surface area contributed by atoms with Gasteiger partial charge in [-0.05, 0) is 85.5 Å². The topological polar surface area (TPSA) is 61.7 Å². The van der Waals surface area contributed by atoms with E-state index in [-0.39, 0.29) is 24.3 Å². The van der Waals surface area contributed by atoms with Gasteiger partial charge in [0.1, 0.15) is 23.4 Å². The van der Waals surface area contributed by atoms with Crippen LogP contribution >= 0.6 is 0 Å². The molecule has 0 spiro atoms. The Morgan fingerprint density at radius 2 is 1.52 bits per heavy atom. The lowest BCUT2D eigenvalue weighted by atomic mass is 9.86. The summed E-state index contributed by atoms with van der Waals surface area (Å²) < 4.78 is 18.5. The number of alkyl halides is 1. The molecular weight excluding hydrogens is 501 g/mol. The molecule has 0 saturated heterocycles. The summed E-state index contributed by atoms with van der Waals surface area (Å²) >= 11 is 0. The molecule has 0 saturated carbocycles. The minimum atomic E-state index is -0.363. The van der Waals surface area contributed by atoms with Crippen molar-refractivity contribution in [2.75, 3.05) is 19.8 Å². The van der Waals surface area contributed by atoms with Gasteiger partial charge in [-0.3, -0.25) is 4.39 Å². The molecule has 4 rings (SSSR count). The van der Waals surface area contributed by atoms with Gasteiger partial charge in [0.15, 0.2) is 0 Å². The first-order chi connectivity index (χ1) is 19.6. The second kappa shape index (κ2) is 15.1. The van der Waals surface area contributed by atoms with Gasteiger partial charge in [0.2, 0.25) is 0 Å². The van der Waals surface area contributed by atoms with E-state index >= 15 is 0 Å². The van der Waals surface area contributed by atoms with Crippen LogP contribution in [0.2, 0.25) is 0 Å². The van der Waals surface area contributed by atoms with Gasteiger partial charge in [-0.2, -0.15) is 0 Å². The first-order valence-corrected chi connectivity index (χ1v) is 14.4. The third-order valence-corrected chi connectivity index (χ3v) is 7.33. The number of unbranched alkanes of at least 4 members (excludes halogenated alkanes) is 7. The molecule has 1 unspecified atom stereocenters. The highest BCUT2D eigenvalue weighted by molar-refractivity contribution is 5.95. The van der Waals surface area contributed by atoms with Gasteiger partial charge in [0.05, 0.1) is 13.2 Å². The van der Waals surface area contributed by atoms with Crippen LogP contribution in [-0.4, -0.2) is 30.0 Å². The summed E-state index contributed by atoms with van der Waals surface area (Å²) in [7, 11) is 0. The predicted octanol–water partition coefficient (Wildman–Crippen LogP) is 8.19. The van der Waals surface area contributed by atoms with E-state index in [4.69, 9.17) is 4.74 Å². The largest absolute Gasteiger partial charge is 0.508 e. The molecule has 0 bridgehead atoms. The highest BCUT2D eigenvalue weighted by atomic mass is 19.1. The van der Waals surface area contributed by atoms with Crippen molar-refractivity contribution in [3.8, 4) is 29.1 Å². The number of aromatic hydroxyl groups is 2. The number of benzene rings is 3. The van der Waals surface area contributed by atoms with Crippen LogP contribution in [0.3, 0.4) is 0 Å². The maximum atomic E-state index is 12.1. The minimum Gasteiger partial charge on any atom is -0.508 e. The van der Waals surface area contributed by atoms with Crippen LogP contribution in [0.1, 0.15) is 86.6 Å². The molecule has 0 aliphatic carbocycles. The fourth-order valence-electron chi connectivity index (χ4n) is 5.16. The minimum absolute atomic E-state index is 0.183. The lowest BCUT2D eigenvalue weighted by Gasteiger charge is -2.31. The van der Waals surface area contributed by atoms with Gasteiger partial charge in [0, 0.05) is 16.7 Å². The number of allylic oxidation sites excluding steroid dienone is 1. The Balaban J connectivity index is 1.33. The second-order valence-corrected chi connectivity index (χ2v) is 10.4. The Kier molecular flexibility index (Phi) is 11.1. The third kappa shape index (κ3) is 8.13. The summed E-state index contributed by atoms with van der Waals surface area (Å²) in [5, 5.41) is 23.6. The van der Waals surface area contributed by atoms with Crippen LogP contribution in [0.5, 0.6) is 17.2 Å². The van der Waals surface area contributed by atoms with Gasteiger partial charge >= 0.3 is 0 Å². The summed E-state index contributed by atoms with van der Waals surface area (Å²) in [5.74, 6) is 7.55. The average Bonchev–Trinajstić information content (AvgIpc) is 2.96. The maximum absolute atomic E-state index is 12.1. The number of halogens is 1. The number of hydrogen-bond donors (Lipinski definition) is 3. The number of phenolic OH excluding ortho intramolecular Hbond substituents is 2. The van der Waals surface area contributed by atoms with Crippen LogP contribution in [0.15, 0.2) is 66.7 Å². The van der Waals surface area contributed by atoms with E-state index in [1.807, 2.05) is 43.3 Å². The Labute approximate surface area is 237 Å². The van der Waals surface area contributed by atoms with Crippen molar-refractivity contribution in [3.63, 3.8) is 0 Å². The molecule has 4 nitrogen and oxygen atoms in total. The quantitative estimate of drug-likeness (QED) is 0.151. The monoisotopic (exact) mass is 541 g/mol. The first kappa shape index (κ1) is 29.2. The fraction of sp³-hybridized carbons (Fsp3) is 0.371. The number of phenols is 2. The third-order valence-electron chi connectivity index (χ3n) is 7.33. The highest BCUT2D eigenvalue weighted by Gasteiger charge is 2.29. The van der Waals surface area contributed by atoms with Gasteiger partial charge < -0.3 is 20.3 Å². The van der Waals surface area contributed by atoms with Crippen LogP contribution in [0.25, 0.3) is 11.1 Å². The van der Waals surface area contributed by atoms with Gasteiger partial charge in [-0.25, -0.2) is 0 Å². The lowest BCUT2D eigenvalue weighted by molar-refractivity contribution is 0.259. The molecule has 210 valence electrons. The first-order valence-electron chi connectivity index (χ1n) is 14.4. The van der Waals surface area contributed by atoms with E-state index in [9.17, 15) is 14.6 Å². The van der Waals surface area contributed by atoms with Crippen LogP contribution in [0, 0.1) is 11.8 Å². The molecule has 0 aromatic heterocycles. The Bertz CT molecular complexity index is 1340. The molecule has 5 heteroatoms. The van der Waals surface area contributed by atoms with Crippen molar-refractivity contribution in [3.05, 3.63) is 89.0 Å². The smallest absolute Gasteiger partial charge is 0.150 e. The molecule has 1 aliphatic heterocycles. The Morgan fingerprint density at radius 3 is 2.25 bits per heavy atom. The van der Waals surface area contributed by atoms with Gasteiger partial charge in [-0.15, -0.1) is 0 Å². The number of fused-ring (bicyclic) bond motifs is 1. The van der Waals surface area contributed by atoms with Crippen LogP contribution < -0.4 is 10.1 Å². The molecule has 0 amide bonds. The second-order valence-electron chi connectivity index (χ2n) is 10.4. The van der Waals surface area contributed by atoms with E-state index in [1.165, 1.54) is 25.7 Å². The standard InChI is InChI=1S/C35H40FNO3/c1-26-32-25-31(39)19-20-33(32)40-35(34(26)29-13-10-14-30(38)24-29)28-17-15-27(16-18-28)12-11-23-37-22-9-7-5-3-2-4-6-8-21-36/h10,13-20,24-25,35,37-39H,2-9,21-23H2,1H3. The predicted molar refractivity (Wildman–Crippen MR) is 161 cm³/mol. The number of nitrogens with one attached hydrogen (secondary N) is 1. The molecule has 3 N–H and O–H groups in total. The Hall–Kier alpha value is -3.75. The van der Waals surface area contributed by atoms with E-state index in [0.717, 1.165) is 59.2 Å². The zero-order valence-corrected chi connectivity index (χ0v) is 23.4. The molecule has 40 heavy (non-hydrogen) atoms. The van der Waals surface area contributed by atoms with Crippen molar-refractivity contribution in [1.82, 2.24) is 5.32 Å². The van der Waals surface area contributed by atoms with E-state index < -0.39 is 0 Å². The molecular formula is C35H40FNO3. The molecule has 3 aromatic carbocycles. The summed E-state index contributed by atoms with van der Waals surface area (Å²) in [6.45, 7) is 3.47. The lowest BCUT2D eigenvalue weighted by Crippen LogP contribution is -2.16. The van der Waals surface area contributed by atoms with Crippen molar-refractivity contribution in [1.29, 1.82) is 0 Å². The van der Waals surface area contributed by atoms with Gasteiger partial charge in [0.25, 0.3) is 0 Å². The van der Waals surface area contributed by atoms with Crippen molar-refractivity contribution < 1.29 is 19.3 Å². The number of ether oxygens (including phenoxy) is 1.